The van der Waals surface area contributed by atoms with E-state index in [1.807, 2.05) is 90.4 Å². The average Bonchev–Trinajstić information content (AvgIpc) is 3.15. The van der Waals surface area contributed by atoms with Gasteiger partial charge in [-0.1, -0.05) is 54.6 Å². The largest absolute Gasteiger partial charge is 0.486 e. The number of aryl methyl sites for hydroxylation is 1. The number of hydrogen-bond acceptors (Lipinski definition) is 3. The van der Waals surface area contributed by atoms with Crippen LogP contribution in [0.25, 0.3) is 21.8 Å². The van der Waals surface area contributed by atoms with Gasteiger partial charge >= 0.3 is 0 Å². The lowest BCUT2D eigenvalue weighted by Gasteiger charge is -2.12. The van der Waals surface area contributed by atoms with E-state index >= 15 is 0 Å². The lowest BCUT2D eigenvalue weighted by atomic mass is 10.1. The molecule has 5 aromatic rings. The molecule has 0 saturated heterocycles. The molecule has 0 fully saturated rings. The number of rotatable bonds is 6. The summed E-state index contributed by atoms with van der Waals surface area (Å²) in [7, 11) is 0. The molecule has 0 spiro atoms. The first kappa shape index (κ1) is 19.8. The molecular weight excluding hydrogens is 398 g/mol. The van der Waals surface area contributed by atoms with E-state index in [1.54, 1.807) is 0 Å². The highest BCUT2D eigenvalue weighted by Gasteiger charge is 2.14. The minimum absolute atomic E-state index is 0.106. The molecule has 5 heteroatoms. The van der Waals surface area contributed by atoms with Gasteiger partial charge in [0.05, 0.1) is 11.0 Å². The molecule has 0 atom stereocenters. The Hall–Kier alpha value is -4.12. The van der Waals surface area contributed by atoms with E-state index < -0.39 is 0 Å². The van der Waals surface area contributed by atoms with Crippen LogP contribution in [-0.2, 0) is 17.9 Å². The molecule has 1 heterocycles. The predicted octanol–water partition coefficient (Wildman–Crippen LogP) is 5.72. The Morgan fingerprint density at radius 1 is 0.906 bits per heavy atom. The number of carbonyl (C=O) groups is 1. The van der Waals surface area contributed by atoms with Gasteiger partial charge in [0.15, 0.2) is 0 Å². The maximum atomic E-state index is 12.8. The van der Waals surface area contributed by atoms with Gasteiger partial charge in [-0.15, -0.1) is 0 Å². The number of anilines is 1. The average molecular weight is 422 g/mol. The summed E-state index contributed by atoms with van der Waals surface area (Å²) in [6.45, 7) is 2.43. The molecule has 0 radical (unpaired) electrons. The lowest BCUT2D eigenvalue weighted by molar-refractivity contribution is -0.116. The van der Waals surface area contributed by atoms with Crippen LogP contribution in [0.4, 0.5) is 5.69 Å². The number of carbonyl (C=O) groups excluding carboxylic acids is 1. The van der Waals surface area contributed by atoms with Crippen LogP contribution < -0.4 is 10.1 Å². The van der Waals surface area contributed by atoms with Crippen LogP contribution in [0.2, 0.25) is 0 Å². The molecular formula is C27H23N3O2. The zero-order valence-electron chi connectivity index (χ0n) is 17.8. The molecule has 0 aliphatic rings. The van der Waals surface area contributed by atoms with Gasteiger partial charge in [0.1, 0.15) is 24.7 Å². The Morgan fingerprint density at radius 3 is 2.59 bits per heavy atom. The van der Waals surface area contributed by atoms with Crippen molar-refractivity contribution in [3.63, 3.8) is 0 Å². The van der Waals surface area contributed by atoms with Gasteiger partial charge in [0.2, 0.25) is 5.91 Å². The van der Waals surface area contributed by atoms with E-state index in [1.165, 1.54) is 5.39 Å². The van der Waals surface area contributed by atoms with Gasteiger partial charge in [-0.3, -0.25) is 4.79 Å². The molecule has 0 aliphatic carbocycles. The quantitative estimate of drug-likeness (QED) is 0.382. The van der Waals surface area contributed by atoms with Crippen molar-refractivity contribution < 1.29 is 9.53 Å². The Kier molecular flexibility index (Phi) is 5.30. The second kappa shape index (κ2) is 8.55. The molecule has 32 heavy (non-hydrogen) atoms. The molecule has 1 N–H and O–H groups in total. The second-order valence-electron chi connectivity index (χ2n) is 7.82. The zero-order valence-corrected chi connectivity index (χ0v) is 17.8. The first-order valence-electron chi connectivity index (χ1n) is 10.6. The van der Waals surface area contributed by atoms with Gasteiger partial charge in [0, 0.05) is 5.69 Å². The zero-order chi connectivity index (χ0) is 21.9. The van der Waals surface area contributed by atoms with Crippen molar-refractivity contribution in [2.45, 2.75) is 20.1 Å². The van der Waals surface area contributed by atoms with Gasteiger partial charge in [-0.25, -0.2) is 4.98 Å². The SMILES string of the molecule is Cc1cccc(NC(=O)Cn2c(COc3ccc4ccccc4c3)nc3ccccc32)c1. The normalized spacial score (nSPS) is 11.0. The number of ether oxygens (including phenoxy) is 1. The van der Waals surface area contributed by atoms with Crippen LogP contribution in [0.15, 0.2) is 91.0 Å². The number of para-hydroxylation sites is 2. The van der Waals surface area contributed by atoms with Crippen LogP contribution in [0.1, 0.15) is 11.4 Å². The van der Waals surface area contributed by atoms with Gasteiger partial charge < -0.3 is 14.6 Å². The maximum absolute atomic E-state index is 12.8. The summed E-state index contributed by atoms with van der Waals surface area (Å²) in [5.74, 6) is 1.37. The van der Waals surface area contributed by atoms with E-state index in [-0.39, 0.29) is 19.1 Å². The Bertz CT molecular complexity index is 1420. The molecule has 0 unspecified atom stereocenters. The van der Waals surface area contributed by atoms with Crippen LogP contribution in [0.3, 0.4) is 0 Å². The third-order valence-corrected chi connectivity index (χ3v) is 5.43. The monoisotopic (exact) mass is 421 g/mol. The van der Waals surface area contributed by atoms with Crippen molar-refractivity contribution in [3.05, 3.63) is 102 Å². The number of fused-ring (bicyclic) bond motifs is 2. The number of benzene rings is 4. The number of amides is 1. The van der Waals surface area contributed by atoms with E-state index in [4.69, 9.17) is 9.72 Å². The smallest absolute Gasteiger partial charge is 0.244 e. The standard InChI is InChI=1S/C27H23N3O2/c1-19-7-6-10-22(15-19)28-27(31)17-30-25-12-5-4-11-24(25)29-26(30)18-32-23-14-13-20-8-2-3-9-21(20)16-23/h2-16H,17-18H2,1H3,(H,28,31). The van der Waals surface area contributed by atoms with E-state index in [9.17, 15) is 4.79 Å². The van der Waals surface area contributed by atoms with Crippen molar-refractivity contribution in [2.75, 3.05) is 5.32 Å². The summed E-state index contributed by atoms with van der Waals surface area (Å²) < 4.78 is 7.99. The first-order valence-corrected chi connectivity index (χ1v) is 10.6. The fourth-order valence-electron chi connectivity index (χ4n) is 3.88. The van der Waals surface area contributed by atoms with Gasteiger partial charge in [-0.2, -0.15) is 0 Å². The third kappa shape index (κ3) is 4.18. The fourth-order valence-corrected chi connectivity index (χ4v) is 3.88. The van der Waals surface area contributed by atoms with Crippen LogP contribution in [-0.4, -0.2) is 15.5 Å². The molecule has 158 valence electrons. The van der Waals surface area contributed by atoms with Gasteiger partial charge in [-0.05, 0) is 59.7 Å². The summed E-state index contributed by atoms with van der Waals surface area (Å²) in [5.41, 5.74) is 3.63. The van der Waals surface area contributed by atoms with E-state index in [0.717, 1.165) is 33.4 Å². The number of imidazole rings is 1. The molecule has 5 nitrogen and oxygen atoms in total. The number of aromatic nitrogens is 2. The highest BCUT2D eigenvalue weighted by Crippen LogP contribution is 2.23. The Morgan fingerprint density at radius 2 is 1.72 bits per heavy atom. The molecule has 1 aromatic heterocycles. The number of hydrogen-bond donors (Lipinski definition) is 1. The number of nitrogens with one attached hydrogen (secondary N) is 1. The van der Waals surface area contributed by atoms with E-state index in [2.05, 4.69) is 17.4 Å². The summed E-state index contributed by atoms with van der Waals surface area (Å²) in [5, 5.41) is 5.27. The lowest BCUT2D eigenvalue weighted by Crippen LogP contribution is -2.20. The first-order chi connectivity index (χ1) is 15.7. The minimum Gasteiger partial charge on any atom is -0.486 e. The van der Waals surface area contributed by atoms with Crippen LogP contribution in [0, 0.1) is 6.92 Å². The third-order valence-electron chi connectivity index (χ3n) is 5.43. The predicted molar refractivity (Wildman–Crippen MR) is 128 cm³/mol. The summed E-state index contributed by atoms with van der Waals surface area (Å²) in [6, 6.07) is 29.8. The number of nitrogens with zero attached hydrogens (tertiary/aromatic N) is 2. The molecule has 4 aromatic carbocycles. The summed E-state index contributed by atoms with van der Waals surface area (Å²) in [6.07, 6.45) is 0. The van der Waals surface area contributed by atoms with Crippen molar-refractivity contribution >= 4 is 33.4 Å². The van der Waals surface area contributed by atoms with Crippen molar-refractivity contribution in [3.8, 4) is 5.75 Å². The molecule has 1 amide bonds. The minimum atomic E-state index is -0.106. The maximum Gasteiger partial charge on any atom is 0.244 e. The topological polar surface area (TPSA) is 56.2 Å². The fraction of sp³-hybridized carbons (Fsp3) is 0.111. The Balaban J connectivity index is 1.38. The summed E-state index contributed by atoms with van der Waals surface area (Å²) >= 11 is 0. The highest BCUT2D eigenvalue weighted by molar-refractivity contribution is 5.91. The summed E-state index contributed by atoms with van der Waals surface area (Å²) in [4.78, 5) is 17.5. The molecule has 0 aliphatic heterocycles. The highest BCUT2D eigenvalue weighted by atomic mass is 16.5. The molecule has 0 bridgehead atoms. The van der Waals surface area contributed by atoms with Crippen LogP contribution in [0.5, 0.6) is 5.75 Å². The molecule has 0 saturated carbocycles. The van der Waals surface area contributed by atoms with Gasteiger partial charge in [0.25, 0.3) is 0 Å². The van der Waals surface area contributed by atoms with E-state index in [0.29, 0.717) is 5.82 Å². The van der Waals surface area contributed by atoms with Crippen molar-refractivity contribution in [1.29, 1.82) is 0 Å². The van der Waals surface area contributed by atoms with Crippen molar-refractivity contribution in [2.24, 2.45) is 0 Å². The second-order valence-corrected chi connectivity index (χ2v) is 7.82. The van der Waals surface area contributed by atoms with Crippen molar-refractivity contribution in [1.82, 2.24) is 9.55 Å². The molecule has 5 rings (SSSR count). The Labute approximate surface area is 186 Å². The van der Waals surface area contributed by atoms with Crippen LogP contribution >= 0.6 is 0 Å².